The van der Waals surface area contributed by atoms with Gasteiger partial charge in [0, 0.05) is 18.3 Å². The molecule has 138 valence electrons. The monoisotopic (exact) mass is 344 g/mol. The van der Waals surface area contributed by atoms with E-state index in [0.29, 0.717) is 5.92 Å². The highest BCUT2D eigenvalue weighted by atomic mass is 16.5. The summed E-state index contributed by atoms with van der Waals surface area (Å²) in [4.78, 5) is 24.1. The van der Waals surface area contributed by atoms with Gasteiger partial charge in [-0.3, -0.25) is 4.79 Å². The van der Waals surface area contributed by atoms with Gasteiger partial charge in [0.2, 0.25) is 0 Å². The minimum atomic E-state index is -0.183. The maximum absolute atomic E-state index is 12.2. The molecular formula is C22H32O3. The van der Waals surface area contributed by atoms with Crippen molar-refractivity contribution in [2.45, 2.75) is 72.8 Å². The van der Waals surface area contributed by atoms with Crippen LogP contribution in [-0.2, 0) is 14.3 Å². The fraction of sp³-hybridized carbons (Fsp3) is 0.818. The average Bonchev–Trinajstić information content (AvgIpc) is 2.97. The van der Waals surface area contributed by atoms with Gasteiger partial charge in [0.15, 0.2) is 0 Å². The van der Waals surface area contributed by atoms with Crippen molar-refractivity contribution in [3.05, 3.63) is 12.2 Å². The van der Waals surface area contributed by atoms with Gasteiger partial charge >= 0.3 is 5.97 Å². The van der Waals surface area contributed by atoms with E-state index >= 15 is 0 Å². The second-order valence-electron chi connectivity index (χ2n) is 10.5. The molecular weight excluding hydrogens is 312 g/mol. The van der Waals surface area contributed by atoms with E-state index in [4.69, 9.17) is 4.74 Å². The van der Waals surface area contributed by atoms with Gasteiger partial charge < -0.3 is 9.53 Å². The van der Waals surface area contributed by atoms with Gasteiger partial charge in [-0.15, -0.1) is 0 Å². The third-order valence-electron chi connectivity index (χ3n) is 8.71. The smallest absolute Gasteiger partial charge is 0.302 e. The number of rotatable bonds is 2. The highest BCUT2D eigenvalue weighted by Gasteiger charge is 2.72. The van der Waals surface area contributed by atoms with Crippen LogP contribution in [0.1, 0.15) is 66.7 Å². The summed E-state index contributed by atoms with van der Waals surface area (Å²) < 4.78 is 5.92. The number of ether oxygens (including phenoxy) is 1. The Bertz CT molecular complexity index is 650. The number of carbonyl (C=O) groups excluding carboxylic acids is 2. The summed E-state index contributed by atoms with van der Waals surface area (Å²) in [6.45, 7) is 10.9. The number of hydrogen-bond acceptors (Lipinski definition) is 3. The third-order valence-corrected chi connectivity index (χ3v) is 8.71. The standard InChI is InChI=1S/C22H32O3/c1-14(24)25-17-7-8-19(2,3)16-6-9-22-11-10-20(4,13-22)15(12-23)18(22)21(16,17)5/h10-12,15-18H,6-9,13H2,1-5H3/t15?,16?,17-,18?,20+,21-,22-/m0/s1. The maximum Gasteiger partial charge on any atom is 0.302 e. The van der Waals surface area contributed by atoms with Crippen LogP contribution in [0.5, 0.6) is 0 Å². The lowest BCUT2D eigenvalue weighted by atomic mass is 9.41. The summed E-state index contributed by atoms with van der Waals surface area (Å²) >= 11 is 0. The van der Waals surface area contributed by atoms with Crippen LogP contribution in [0.2, 0.25) is 0 Å². The van der Waals surface area contributed by atoms with Crippen LogP contribution in [0.3, 0.4) is 0 Å². The molecule has 4 aliphatic carbocycles. The van der Waals surface area contributed by atoms with Crippen molar-refractivity contribution in [2.24, 2.45) is 39.4 Å². The fourth-order valence-electron chi connectivity index (χ4n) is 7.90. The summed E-state index contributed by atoms with van der Waals surface area (Å²) in [5.41, 5.74) is 0.205. The molecule has 0 radical (unpaired) electrons. The number of esters is 1. The molecule has 0 amide bonds. The van der Waals surface area contributed by atoms with Gasteiger partial charge in [-0.2, -0.15) is 0 Å². The van der Waals surface area contributed by atoms with Crippen LogP contribution >= 0.6 is 0 Å². The van der Waals surface area contributed by atoms with E-state index in [2.05, 4.69) is 39.8 Å². The predicted molar refractivity (Wildman–Crippen MR) is 96.7 cm³/mol. The van der Waals surface area contributed by atoms with Gasteiger partial charge in [0.25, 0.3) is 0 Å². The van der Waals surface area contributed by atoms with Crippen LogP contribution < -0.4 is 0 Å². The van der Waals surface area contributed by atoms with Gasteiger partial charge in [-0.1, -0.05) is 39.8 Å². The second kappa shape index (κ2) is 4.98. The number of fused-ring (bicyclic) bond motifs is 3. The molecule has 0 aromatic heterocycles. The first kappa shape index (κ1) is 17.3. The molecule has 4 aliphatic rings. The van der Waals surface area contributed by atoms with E-state index in [1.165, 1.54) is 26.1 Å². The molecule has 0 aromatic rings. The largest absolute Gasteiger partial charge is 0.462 e. The minimum absolute atomic E-state index is 0.0212. The van der Waals surface area contributed by atoms with Crippen molar-refractivity contribution in [1.82, 2.24) is 0 Å². The van der Waals surface area contributed by atoms with Crippen LogP contribution in [-0.4, -0.2) is 18.4 Å². The zero-order valence-corrected chi connectivity index (χ0v) is 16.3. The molecule has 25 heavy (non-hydrogen) atoms. The lowest BCUT2D eigenvalue weighted by Crippen LogP contribution is -2.62. The summed E-state index contributed by atoms with van der Waals surface area (Å²) in [6, 6.07) is 0. The highest BCUT2D eigenvalue weighted by molar-refractivity contribution is 5.66. The van der Waals surface area contributed by atoms with E-state index in [9.17, 15) is 9.59 Å². The van der Waals surface area contributed by atoms with Crippen molar-refractivity contribution in [3.63, 3.8) is 0 Å². The van der Waals surface area contributed by atoms with Gasteiger partial charge in [0.05, 0.1) is 0 Å². The molecule has 3 fully saturated rings. The topological polar surface area (TPSA) is 43.4 Å². The van der Waals surface area contributed by atoms with E-state index < -0.39 is 0 Å². The van der Waals surface area contributed by atoms with E-state index in [1.807, 2.05) is 0 Å². The van der Waals surface area contributed by atoms with Gasteiger partial charge in [-0.05, 0) is 60.2 Å². The average molecular weight is 344 g/mol. The number of carbonyl (C=O) groups is 2. The number of hydrogen-bond donors (Lipinski definition) is 0. The first-order valence-electron chi connectivity index (χ1n) is 9.92. The van der Waals surface area contributed by atoms with Crippen molar-refractivity contribution in [3.8, 4) is 0 Å². The lowest BCUT2D eigenvalue weighted by Gasteiger charge is -2.64. The Morgan fingerprint density at radius 3 is 2.48 bits per heavy atom. The van der Waals surface area contributed by atoms with E-state index in [-0.39, 0.29) is 45.6 Å². The molecule has 0 heterocycles. The van der Waals surface area contributed by atoms with Gasteiger partial charge in [-0.25, -0.2) is 0 Å². The molecule has 2 bridgehead atoms. The van der Waals surface area contributed by atoms with Crippen LogP contribution in [0.15, 0.2) is 12.2 Å². The molecule has 0 saturated heterocycles. The molecule has 4 rings (SSSR count). The van der Waals surface area contributed by atoms with Crippen molar-refractivity contribution >= 4 is 12.3 Å². The van der Waals surface area contributed by atoms with Crippen molar-refractivity contribution < 1.29 is 14.3 Å². The number of aldehydes is 1. The molecule has 0 aromatic carbocycles. The number of allylic oxidation sites excluding steroid dienone is 2. The fourth-order valence-corrected chi connectivity index (χ4v) is 7.90. The predicted octanol–water partition coefficient (Wildman–Crippen LogP) is 4.55. The molecule has 0 N–H and O–H groups in total. The van der Waals surface area contributed by atoms with Crippen LogP contribution in [0.4, 0.5) is 0 Å². The minimum Gasteiger partial charge on any atom is -0.462 e. The van der Waals surface area contributed by atoms with Gasteiger partial charge in [0.1, 0.15) is 12.4 Å². The summed E-state index contributed by atoms with van der Waals surface area (Å²) in [7, 11) is 0. The van der Waals surface area contributed by atoms with E-state index in [0.717, 1.165) is 19.3 Å². The summed E-state index contributed by atoms with van der Waals surface area (Å²) in [5, 5.41) is 0. The van der Waals surface area contributed by atoms with Crippen molar-refractivity contribution in [1.29, 1.82) is 0 Å². The third kappa shape index (κ3) is 2.04. The molecule has 3 saturated carbocycles. The Labute approximate surface area is 151 Å². The van der Waals surface area contributed by atoms with Crippen LogP contribution in [0.25, 0.3) is 0 Å². The first-order chi connectivity index (χ1) is 11.6. The normalized spacial score (nSPS) is 52.4. The summed E-state index contributed by atoms with van der Waals surface area (Å²) in [6.07, 6.45) is 11.3. The quantitative estimate of drug-likeness (QED) is 0.419. The molecule has 3 nitrogen and oxygen atoms in total. The SMILES string of the molecule is CC(=O)O[C@H]1CCC(C)(C)C2CC[C@]34C=C[C@](C)(C3)C(C=O)C4[C@@]21C. The zero-order valence-electron chi connectivity index (χ0n) is 16.3. The lowest BCUT2D eigenvalue weighted by molar-refractivity contribution is -0.205. The highest BCUT2D eigenvalue weighted by Crippen LogP contribution is 2.76. The Kier molecular flexibility index (Phi) is 3.45. The Balaban J connectivity index is 1.86. The van der Waals surface area contributed by atoms with E-state index in [1.54, 1.807) is 0 Å². The first-order valence-corrected chi connectivity index (χ1v) is 9.92. The Morgan fingerprint density at radius 2 is 1.84 bits per heavy atom. The molecule has 3 heteroatoms. The van der Waals surface area contributed by atoms with Crippen molar-refractivity contribution in [2.75, 3.05) is 0 Å². The molecule has 1 spiro atoms. The van der Waals surface area contributed by atoms with Crippen LogP contribution in [0, 0.1) is 39.4 Å². The molecule has 7 atom stereocenters. The Morgan fingerprint density at radius 1 is 1.12 bits per heavy atom. The zero-order chi connectivity index (χ0) is 18.3. The second-order valence-corrected chi connectivity index (χ2v) is 10.5. The maximum atomic E-state index is 12.2. The molecule has 0 aliphatic heterocycles. The molecule has 3 unspecified atom stereocenters. The Hall–Kier alpha value is -1.12. The summed E-state index contributed by atoms with van der Waals surface area (Å²) in [5.74, 6) is 0.636.